The second-order valence-corrected chi connectivity index (χ2v) is 7.73. The summed E-state index contributed by atoms with van der Waals surface area (Å²) in [4.78, 5) is 35.8. The van der Waals surface area contributed by atoms with E-state index in [0.29, 0.717) is 25.9 Å². The monoisotopic (exact) mass is 400 g/mol. The molecule has 0 fully saturated rings. The highest BCUT2D eigenvalue weighted by atomic mass is 32.1. The summed E-state index contributed by atoms with van der Waals surface area (Å²) in [6.07, 6.45) is 3.78. The van der Waals surface area contributed by atoms with E-state index >= 15 is 0 Å². The van der Waals surface area contributed by atoms with Crippen molar-refractivity contribution in [2.75, 3.05) is 6.61 Å². The summed E-state index contributed by atoms with van der Waals surface area (Å²) in [5.41, 5.74) is -1.37. The average Bonchev–Trinajstić information content (AvgIpc) is 2.64. The number of unbranched alkanes of at least 4 members (excludes halogenated alkanes) is 2. The third-order valence-electron chi connectivity index (χ3n) is 5.15. The average molecular weight is 401 g/mol. The number of hydrogen-bond acceptors (Lipinski definition) is 5. The SMILES string of the molecule is CCC(C)C(C)(C)C(=O)OCCCCCC(=O)n1cc(F)c(=O)n(C)c1=S. The van der Waals surface area contributed by atoms with Crippen molar-refractivity contribution in [1.29, 1.82) is 0 Å². The van der Waals surface area contributed by atoms with Crippen LogP contribution in [0.15, 0.2) is 11.0 Å². The molecule has 0 amide bonds. The quantitative estimate of drug-likeness (QED) is 0.357. The maximum atomic E-state index is 13.5. The van der Waals surface area contributed by atoms with Crippen molar-refractivity contribution < 1.29 is 18.7 Å². The molecule has 1 aromatic rings. The number of aromatic nitrogens is 2. The number of esters is 1. The molecule has 27 heavy (non-hydrogen) atoms. The predicted octanol–water partition coefficient (Wildman–Crippen LogP) is 3.87. The fraction of sp³-hybridized carbons (Fsp3) is 0.684. The highest BCUT2D eigenvalue weighted by Gasteiger charge is 2.34. The first-order valence-corrected chi connectivity index (χ1v) is 9.63. The molecule has 0 spiro atoms. The third kappa shape index (κ3) is 5.82. The number of halogens is 1. The van der Waals surface area contributed by atoms with Crippen LogP contribution in [0.4, 0.5) is 4.39 Å². The fourth-order valence-electron chi connectivity index (χ4n) is 2.55. The second kappa shape index (κ2) is 9.92. The first-order valence-electron chi connectivity index (χ1n) is 9.22. The van der Waals surface area contributed by atoms with Crippen LogP contribution in [0.2, 0.25) is 0 Å². The summed E-state index contributed by atoms with van der Waals surface area (Å²) in [6, 6.07) is 0. The van der Waals surface area contributed by atoms with Gasteiger partial charge in [0, 0.05) is 13.5 Å². The van der Waals surface area contributed by atoms with Gasteiger partial charge in [-0.2, -0.15) is 4.39 Å². The first-order chi connectivity index (χ1) is 12.5. The maximum Gasteiger partial charge on any atom is 0.311 e. The minimum absolute atomic E-state index is 0.0346. The lowest BCUT2D eigenvalue weighted by Gasteiger charge is -2.28. The Morgan fingerprint density at radius 1 is 1.30 bits per heavy atom. The molecule has 1 rings (SSSR count). The zero-order valence-electron chi connectivity index (χ0n) is 16.7. The van der Waals surface area contributed by atoms with Crippen LogP contribution in [0.1, 0.15) is 64.6 Å². The van der Waals surface area contributed by atoms with E-state index in [9.17, 15) is 18.8 Å². The summed E-state index contributed by atoms with van der Waals surface area (Å²) < 4.78 is 20.8. The zero-order chi connectivity index (χ0) is 20.8. The molecule has 0 aliphatic carbocycles. The number of carbonyl (C=O) groups is 2. The van der Waals surface area contributed by atoms with Gasteiger partial charge in [-0.15, -0.1) is 0 Å². The predicted molar refractivity (Wildman–Crippen MR) is 104 cm³/mol. The Balaban J connectivity index is 2.44. The molecule has 1 unspecified atom stereocenters. The minimum Gasteiger partial charge on any atom is -0.465 e. The summed E-state index contributed by atoms with van der Waals surface area (Å²) in [7, 11) is 1.33. The molecular formula is C19H29FN2O4S. The lowest BCUT2D eigenvalue weighted by atomic mass is 9.78. The van der Waals surface area contributed by atoms with Crippen molar-refractivity contribution in [1.82, 2.24) is 9.13 Å². The molecule has 1 aromatic heterocycles. The van der Waals surface area contributed by atoms with Gasteiger partial charge in [0.25, 0.3) is 5.56 Å². The van der Waals surface area contributed by atoms with Crippen LogP contribution < -0.4 is 5.56 Å². The van der Waals surface area contributed by atoms with Gasteiger partial charge in [0.15, 0.2) is 4.77 Å². The van der Waals surface area contributed by atoms with Crippen molar-refractivity contribution >= 4 is 24.1 Å². The standard InChI is InChI=1S/C19H29FN2O4S/c1-6-13(2)19(3,4)17(25)26-11-9-7-8-10-15(23)22-12-14(20)16(24)21(5)18(22)27/h12-13H,6-11H2,1-5H3. The molecule has 0 aromatic carbocycles. The molecular weight excluding hydrogens is 371 g/mol. The first kappa shape index (κ1) is 23.2. The molecule has 0 saturated heterocycles. The number of nitrogens with zero attached hydrogens (tertiary/aromatic N) is 2. The Morgan fingerprint density at radius 2 is 1.93 bits per heavy atom. The number of rotatable bonds is 9. The van der Waals surface area contributed by atoms with Gasteiger partial charge in [0.1, 0.15) is 0 Å². The van der Waals surface area contributed by atoms with E-state index in [1.165, 1.54) is 7.05 Å². The van der Waals surface area contributed by atoms with E-state index in [0.717, 1.165) is 21.8 Å². The van der Waals surface area contributed by atoms with Gasteiger partial charge in [-0.05, 0) is 51.2 Å². The topological polar surface area (TPSA) is 70.3 Å². The van der Waals surface area contributed by atoms with E-state index in [4.69, 9.17) is 17.0 Å². The summed E-state index contributed by atoms with van der Waals surface area (Å²) >= 11 is 5.01. The van der Waals surface area contributed by atoms with Crippen LogP contribution in [-0.4, -0.2) is 27.6 Å². The smallest absolute Gasteiger partial charge is 0.311 e. The molecule has 0 saturated carbocycles. The normalized spacial score (nSPS) is 12.7. The van der Waals surface area contributed by atoms with Crippen molar-refractivity contribution in [3.8, 4) is 0 Å². The Hall–Kier alpha value is -1.83. The Labute approximate surface area is 164 Å². The number of hydrogen-bond donors (Lipinski definition) is 0. The van der Waals surface area contributed by atoms with Gasteiger partial charge in [0.05, 0.1) is 18.2 Å². The molecule has 0 N–H and O–H groups in total. The third-order valence-corrected chi connectivity index (χ3v) is 5.62. The van der Waals surface area contributed by atoms with E-state index in [2.05, 4.69) is 0 Å². The van der Waals surface area contributed by atoms with E-state index in [-0.39, 0.29) is 29.0 Å². The van der Waals surface area contributed by atoms with Crippen LogP contribution in [-0.2, 0) is 16.6 Å². The van der Waals surface area contributed by atoms with Crippen molar-refractivity contribution in [3.63, 3.8) is 0 Å². The highest BCUT2D eigenvalue weighted by molar-refractivity contribution is 7.71. The van der Waals surface area contributed by atoms with Gasteiger partial charge in [0.2, 0.25) is 11.7 Å². The Morgan fingerprint density at radius 3 is 2.52 bits per heavy atom. The Bertz CT molecular complexity index is 798. The van der Waals surface area contributed by atoms with Crippen LogP contribution in [0.3, 0.4) is 0 Å². The molecule has 0 radical (unpaired) electrons. The highest BCUT2D eigenvalue weighted by Crippen LogP contribution is 2.30. The number of carbonyl (C=O) groups excluding carboxylic acids is 2. The molecule has 152 valence electrons. The van der Waals surface area contributed by atoms with Gasteiger partial charge in [-0.1, -0.05) is 20.3 Å². The van der Waals surface area contributed by atoms with Crippen LogP contribution >= 0.6 is 12.2 Å². The molecule has 1 atom stereocenters. The minimum atomic E-state index is -1.02. The van der Waals surface area contributed by atoms with Crippen LogP contribution in [0.25, 0.3) is 0 Å². The molecule has 0 bridgehead atoms. The lowest BCUT2D eigenvalue weighted by molar-refractivity contribution is -0.157. The second-order valence-electron chi connectivity index (χ2n) is 7.37. The van der Waals surface area contributed by atoms with E-state index in [1.54, 1.807) is 0 Å². The molecule has 6 nitrogen and oxygen atoms in total. The summed E-state index contributed by atoms with van der Waals surface area (Å²) in [5, 5.41) is 0. The maximum absolute atomic E-state index is 13.5. The molecule has 0 aliphatic rings. The molecule has 0 aliphatic heterocycles. The molecule has 1 heterocycles. The molecule has 8 heteroatoms. The van der Waals surface area contributed by atoms with Gasteiger partial charge in [-0.3, -0.25) is 23.5 Å². The lowest BCUT2D eigenvalue weighted by Crippen LogP contribution is -2.33. The zero-order valence-corrected chi connectivity index (χ0v) is 17.5. The van der Waals surface area contributed by atoms with Gasteiger partial charge in [-0.25, -0.2) is 0 Å². The summed E-state index contributed by atoms with van der Waals surface area (Å²) in [5.74, 6) is -1.37. The van der Waals surface area contributed by atoms with Gasteiger partial charge < -0.3 is 4.74 Å². The van der Waals surface area contributed by atoms with Crippen molar-refractivity contribution in [2.24, 2.45) is 18.4 Å². The number of ether oxygens (including phenoxy) is 1. The fourth-order valence-corrected chi connectivity index (χ4v) is 2.79. The van der Waals surface area contributed by atoms with Gasteiger partial charge >= 0.3 is 5.97 Å². The van der Waals surface area contributed by atoms with Crippen molar-refractivity contribution in [3.05, 3.63) is 27.1 Å². The van der Waals surface area contributed by atoms with Crippen molar-refractivity contribution in [2.45, 2.75) is 59.8 Å². The Kier molecular flexibility index (Phi) is 8.53. The van der Waals surface area contributed by atoms with E-state index in [1.807, 2.05) is 27.7 Å². The van der Waals surface area contributed by atoms with E-state index < -0.39 is 16.8 Å². The summed E-state index contributed by atoms with van der Waals surface area (Å²) in [6.45, 7) is 8.15. The van der Waals surface area contributed by atoms with Crippen LogP contribution in [0, 0.1) is 21.9 Å². The largest absolute Gasteiger partial charge is 0.465 e. The van der Waals surface area contributed by atoms with Crippen LogP contribution in [0.5, 0.6) is 0 Å².